The van der Waals surface area contributed by atoms with Gasteiger partial charge in [0.2, 0.25) is 0 Å². The number of carbonyl (C=O) groups excluding carboxylic acids is 1. The fourth-order valence-electron chi connectivity index (χ4n) is 4.93. The second kappa shape index (κ2) is 9.36. The standard InChI is InChI=1S/C29H30BNO6/c1-28(2)29(3,4)37-30(36-28)19-13-18(15-26(32)33)14-20(16-19)31-27(34)35-17-25-23-11-7-5-9-21(23)22-10-6-8-12-24(22)25/h5-14,16,25H,15,17H2,1-4H3,(H,31,34)(H,32,33). The number of carbonyl (C=O) groups is 2. The quantitative estimate of drug-likeness (QED) is 0.465. The Morgan fingerprint density at radius 1 is 0.919 bits per heavy atom. The predicted octanol–water partition coefficient (Wildman–Crippen LogP) is 4.97. The van der Waals surface area contributed by atoms with Crippen LogP contribution in [-0.4, -0.2) is 42.1 Å². The molecule has 1 saturated heterocycles. The van der Waals surface area contributed by atoms with Crippen molar-refractivity contribution in [3.63, 3.8) is 0 Å². The van der Waals surface area contributed by atoms with E-state index in [-0.39, 0.29) is 18.9 Å². The molecule has 2 aliphatic rings. The summed E-state index contributed by atoms with van der Waals surface area (Å²) in [6.45, 7) is 7.97. The molecule has 1 aliphatic carbocycles. The van der Waals surface area contributed by atoms with Crippen molar-refractivity contribution < 1.29 is 28.7 Å². The van der Waals surface area contributed by atoms with Crippen LogP contribution in [-0.2, 0) is 25.3 Å². The van der Waals surface area contributed by atoms with E-state index >= 15 is 0 Å². The first kappa shape index (κ1) is 25.1. The van der Waals surface area contributed by atoms with Gasteiger partial charge in [0.25, 0.3) is 0 Å². The van der Waals surface area contributed by atoms with Crippen molar-refractivity contribution in [2.75, 3.05) is 11.9 Å². The highest BCUT2D eigenvalue weighted by molar-refractivity contribution is 6.62. The van der Waals surface area contributed by atoms with E-state index in [0.717, 1.165) is 22.3 Å². The number of hydrogen-bond donors (Lipinski definition) is 2. The summed E-state index contributed by atoms with van der Waals surface area (Å²) in [6.07, 6.45) is -0.818. The van der Waals surface area contributed by atoms with Gasteiger partial charge in [0.1, 0.15) is 6.61 Å². The molecule has 0 saturated carbocycles. The third kappa shape index (κ3) is 4.87. The van der Waals surface area contributed by atoms with Crippen LogP contribution in [0.2, 0.25) is 0 Å². The van der Waals surface area contributed by atoms with E-state index in [0.29, 0.717) is 16.7 Å². The van der Waals surface area contributed by atoms with Gasteiger partial charge in [-0.15, -0.1) is 0 Å². The molecule has 0 atom stereocenters. The summed E-state index contributed by atoms with van der Waals surface area (Å²) >= 11 is 0. The zero-order valence-electron chi connectivity index (χ0n) is 21.4. The molecule has 37 heavy (non-hydrogen) atoms. The second-order valence-electron chi connectivity index (χ2n) is 10.6. The topological polar surface area (TPSA) is 94.1 Å². The number of ether oxygens (including phenoxy) is 1. The minimum absolute atomic E-state index is 0.0585. The molecule has 0 aromatic heterocycles. The number of hydrogen-bond acceptors (Lipinski definition) is 5. The van der Waals surface area contributed by atoms with E-state index in [4.69, 9.17) is 14.0 Å². The zero-order valence-corrected chi connectivity index (χ0v) is 21.4. The molecule has 1 fully saturated rings. The fourth-order valence-corrected chi connectivity index (χ4v) is 4.93. The van der Waals surface area contributed by atoms with Crippen molar-refractivity contribution in [2.24, 2.45) is 0 Å². The number of rotatable bonds is 6. The molecule has 0 spiro atoms. The normalized spacial score (nSPS) is 17.2. The lowest BCUT2D eigenvalue weighted by Crippen LogP contribution is -2.41. The lowest BCUT2D eigenvalue weighted by atomic mass is 9.78. The molecule has 7 nitrogen and oxygen atoms in total. The van der Waals surface area contributed by atoms with Gasteiger partial charge < -0.3 is 19.2 Å². The van der Waals surface area contributed by atoms with E-state index in [1.165, 1.54) is 0 Å². The highest BCUT2D eigenvalue weighted by Crippen LogP contribution is 2.44. The van der Waals surface area contributed by atoms with Gasteiger partial charge in [-0.1, -0.05) is 54.6 Å². The molecular formula is C29H30BNO6. The molecule has 5 rings (SSSR count). The van der Waals surface area contributed by atoms with Gasteiger partial charge in [0.05, 0.1) is 17.6 Å². The lowest BCUT2D eigenvalue weighted by Gasteiger charge is -2.32. The van der Waals surface area contributed by atoms with Gasteiger partial charge in [-0.05, 0) is 73.1 Å². The summed E-state index contributed by atoms with van der Waals surface area (Å²) in [6, 6.07) is 21.4. The Kier molecular flexibility index (Phi) is 6.34. The SMILES string of the molecule is CC1(C)OB(c2cc(CC(=O)O)cc(NC(=O)OCC3c4ccccc4-c4ccccc43)c2)OC1(C)C. The summed E-state index contributed by atoms with van der Waals surface area (Å²) in [5.41, 5.74) is 5.02. The summed E-state index contributed by atoms with van der Waals surface area (Å²) in [5.74, 6) is -1.03. The molecule has 3 aromatic carbocycles. The average molecular weight is 499 g/mol. The van der Waals surface area contributed by atoms with Crippen LogP contribution in [0.4, 0.5) is 10.5 Å². The van der Waals surface area contributed by atoms with E-state index < -0.39 is 30.4 Å². The van der Waals surface area contributed by atoms with Crippen LogP contribution >= 0.6 is 0 Å². The van der Waals surface area contributed by atoms with Gasteiger partial charge in [-0.25, -0.2) is 4.79 Å². The van der Waals surface area contributed by atoms with Crippen molar-refractivity contribution in [3.05, 3.63) is 83.4 Å². The van der Waals surface area contributed by atoms with Crippen LogP contribution in [0.1, 0.15) is 50.3 Å². The highest BCUT2D eigenvalue weighted by Gasteiger charge is 2.51. The third-order valence-corrected chi connectivity index (χ3v) is 7.49. The summed E-state index contributed by atoms with van der Waals surface area (Å²) in [7, 11) is -0.693. The predicted molar refractivity (Wildman–Crippen MR) is 142 cm³/mol. The highest BCUT2D eigenvalue weighted by atomic mass is 16.7. The van der Waals surface area contributed by atoms with Crippen LogP contribution in [0.5, 0.6) is 0 Å². The molecule has 1 aliphatic heterocycles. The van der Waals surface area contributed by atoms with Crippen molar-refractivity contribution in [2.45, 2.75) is 51.2 Å². The molecule has 3 aromatic rings. The minimum atomic E-state index is -0.974. The van der Waals surface area contributed by atoms with Gasteiger partial charge >= 0.3 is 19.2 Å². The van der Waals surface area contributed by atoms with Crippen LogP contribution in [0.25, 0.3) is 11.1 Å². The summed E-state index contributed by atoms with van der Waals surface area (Å²) in [4.78, 5) is 24.3. The Morgan fingerprint density at radius 2 is 1.49 bits per heavy atom. The minimum Gasteiger partial charge on any atom is -0.481 e. The van der Waals surface area contributed by atoms with E-state index in [9.17, 15) is 14.7 Å². The zero-order chi connectivity index (χ0) is 26.4. The number of amides is 1. The first-order valence-corrected chi connectivity index (χ1v) is 12.4. The van der Waals surface area contributed by atoms with Crippen LogP contribution < -0.4 is 10.8 Å². The lowest BCUT2D eigenvalue weighted by molar-refractivity contribution is -0.136. The Morgan fingerprint density at radius 3 is 2.05 bits per heavy atom. The van der Waals surface area contributed by atoms with Crippen LogP contribution in [0.3, 0.4) is 0 Å². The number of fused-ring (bicyclic) bond motifs is 3. The molecule has 2 N–H and O–H groups in total. The van der Waals surface area contributed by atoms with Crippen molar-refractivity contribution in [3.8, 4) is 11.1 Å². The maximum Gasteiger partial charge on any atom is 0.494 e. The molecule has 8 heteroatoms. The monoisotopic (exact) mass is 499 g/mol. The Hall–Kier alpha value is -3.62. The molecule has 0 radical (unpaired) electrons. The van der Waals surface area contributed by atoms with E-state index in [2.05, 4.69) is 29.6 Å². The van der Waals surface area contributed by atoms with Crippen molar-refractivity contribution >= 4 is 30.3 Å². The van der Waals surface area contributed by atoms with Crippen LogP contribution in [0, 0.1) is 0 Å². The van der Waals surface area contributed by atoms with Crippen LogP contribution in [0.15, 0.2) is 66.7 Å². The third-order valence-electron chi connectivity index (χ3n) is 7.49. The average Bonchev–Trinajstić information content (AvgIpc) is 3.26. The van der Waals surface area contributed by atoms with Gasteiger partial charge in [-0.3, -0.25) is 10.1 Å². The molecule has 0 unspecified atom stereocenters. The largest absolute Gasteiger partial charge is 0.494 e. The smallest absolute Gasteiger partial charge is 0.481 e. The number of anilines is 1. The Bertz CT molecular complexity index is 1310. The molecule has 190 valence electrons. The first-order chi connectivity index (χ1) is 17.5. The number of benzene rings is 3. The fraction of sp³-hybridized carbons (Fsp3) is 0.310. The van der Waals surface area contributed by atoms with E-state index in [1.54, 1.807) is 18.2 Å². The maximum atomic E-state index is 12.9. The van der Waals surface area contributed by atoms with Crippen molar-refractivity contribution in [1.82, 2.24) is 0 Å². The number of carboxylic acids is 1. The molecular weight excluding hydrogens is 469 g/mol. The molecule has 1 amide bonds. The number of aliphatic carboxylic acids is 1. The van der Waals surface area contributed by atoms with Gasteiger partial charge in [0, 0.05) is 11.6 Å². The first-order valence-electron chi connectivity index (χ1n) is 12.4. The van der Waals surface area contributed by atoms with Gasteiger partial charge in [0.15, 0.2) is 0 Å². The number of carboxylic acid groups (broad SMARTS) is 1. The van der Waals surface area contributed by atoms with Gasteiger partial charge in [-0.2, -0.15) is 0 Å². The van der Waals surface area contributed by atoms with E-state index in [1.807, 2.05) is 52.0 Å². The van der Waals surface area contributed by atoms with Crippen molar-refractivity contribution in [1.29, 1.82) is 0 Å². The summed E-state index contributed by atoms with van der Waals surface area (Å²) in [5, 5.41) is 12.1. The Balaban J connectivity index is 1.34. The Labute approximate surface area is 216 Å². The molecule has 1 heterocycles. The summed E-state index contributed by atoms with van der Waals surface area (Å²) < 4.78 is 17.9. The number of nitrogens with one attached hydrogen (secondary N) is 1. The second-order valence-corrected chi connectivity index (χ2v) is 10.6. The maximum absolute atomic E-state index is 12.9. The molecule has 0 bridgehead atoms.